The Bertz CT molecular complexity index is 545. The van der Waals surface area contributed by atoms with Gasteiger partial charge in [0.1, 0.15) is 6.61 Å². The van der Waals surface area contributed by atoms with Gasteiger partial charge in [0.15, 0.2) is 0 Å². The average Bonchev–Trinajstić information content (AvgIpc) is 2.77. The van der Waals surface area contributed by atoms with Crippen molar-refractivity contribution in [2.45, 2.75) is 116 Å². The van der Waals surface area contributed by atoms with E-state index in [4.69, 9.17) is 9.26 Å². The van der Waals surface area contributed by atoms with Crippen LogP contribution in [0.5, 0.6) is 0 Å². The summed E-state index contributed by atoms with van der Waals surface area (Å²) >= 11 is 0. The molecule has 1 amide bonds. The summed E-state index contributed by atoms with van der Waals surface area (Å²) in [7, 11) is -3.85. The van der Waals surface area contributed by atoms with Gasteiger partial charge in [-0.05, 0) is 12.8 Å². The molecule has 0 aromatic rings. The van der Waals surface area contributed by atoms with Gasteiger partial charge in [-0.15, -0.1) is 0 Å². The van der Waals surface area contributed by atoms with E-state index in [-0.39, 0.29) is 44.2 Å². The first kappa shape index (κ1) is 32.0. The Morgan fingerprint density at radius 1 is 0.909 bits per heavy atom. The molecule has 0 aromatic carbocycles. The molecule has 2 atom stereocenters. The van der Waals surface area contributed by atoms with Gasteiger partial charge in [0.05, 0.1) is 18.9 Å². The highest BCUT2D eigenvalue weighted by atomic mass is 31.2. The van der Waals surface area contributed by atoms with Crippen molar-refractivity contribution in [3.8, 4) is 0 Å². The van der Waals surface area contributed by atoms with Gasteiger partial charge in [0, 0.05) is 19.9 Å². The molecule has 1 unspecified atom stereocenters. The van der Waals surface area contributed by atoms with Crippen molar-refractivity contribution in [3.63, 3.8) is 0 Å². The molecule has 196 valence electrons. The minimum Gasteiger partial charge on any atom is -0.463 e. The maximum Gasteiger partial charge on any atom is 0.328 e. The molecular weight excluding hydrogens is 445 g/mol. The van der Waals surface area contributed by atoms with E-state index in [0.717, 1.165) is 19.3 Å². The number of unbranched alkanes of at least 4 members (excludes halogenated alkanes) is 12. The van der Waals surface area contributed by atoms with Crippen LogP contribution < -0.4 is 5.32 Å². The summed E-state index contributed by atoms with van der Waals surface area (Å²) in [4.78, 5) is 32.2. The molecule has 0 aliphatic rings. The summed E-state index contributed by atoms with van der Waals surface area (Å²) < 4.78 is 21.8. The molecule has 3 N–H and O–H groups in total. The molecule has 0 bridgehead atoms. The Morgan fingerprint density at radius 3 is 1.94 bits per heavy atom. The van der Waals surface area contributed by atoms with Crippen LogP contribution in [0, 0.1) is 0 Å². The second kappa shape index (κ2) is 21.6. The zero-order valence-electron chi connectivity index (χ0n) is 20.9. The highest BCUT2D eigenvalue weighted by Gasteiger charge is 2.21. The molecule has 0 aromatic heterocycles. The van der Waals surface area contributed by atoms with Crippen LogP contribution in [0.4, 0.5) is 0 Å². The van der Waals surface area contributed by atoms with E-state index in [2.05, 4.69) is 12.2 Å². The molecule has 0 heterocycles. The quantitative estimate of drug-likeness (QED) is 0.103. The lowest BCUT2D eigenvalue weighted by Crippen LogP contribution is -2.24. The SMILES string of the molecule is CCCCCCCCCCCCCCCC(=O)OC[C@@H](O)CCP(=O)(O)OCCNC(C)=O. The number of aliphatic hydroxyl groups is 1. The van der Waals surface area contributed by atoms with Crippen molar-refractivity contribution in [1.82, 2.24) is 5.32 Å². The second-order valence-electron chi connectivity index (χ2n) is 8.80. The highest BCUT2D eigenvalue weighted by molar-refractivity contribution is 7.52. The standard InChI is InChI=1S/C24H48NO7P/c1-3-4-5-6-7-8-9-10-11-12-13-14-15-16-24(28)31-21-23(27)17-20-33(29,30)32-19-18-25-22(2)26/h23,27H,3-21H2,1-2H3,(H,25,26)(H,29,30)/t23-/m0/s1. The number of hydrogen-bond donors (Lipinski definition) is 3. The average molecular weight is 494 g/mol. The van der Waals surface area contributed by atoms with Crippen LogP contribution in [0.3, 0.4) is 0 Å². The maximum atomic E-state index is 11.9. The van der Waals surface area contributed by atoms with Gasteiger partial charge in [-0.25, -0.2) is 0 Å². The molecule has 0 spiro atoms. The van der Waals surface area contributed by atoms with Gasteiger partial charge in [-0.3, -0.25) is 14.2 Å². The van der Waals surface area contributed by atoms with Crippen LogP contribution in [-0.2, 0) is 23.4 Å². The number of ether oxygens (including phenoxy) is 1. The number of rotatable bonds is 23. The third-order valence-electron chi connectivity index (χ3n) is 5.44. The Labute approximate surface area is 200 Å². The molecule has 9 heteroatoms. The van der Waals surface area contributed by atoms with Crippen LogP contribution in [0.25, 0.3) is 0 Å². The van der Waals surface area contributed by atoms with E-state index >= 15 is 0 Å². The van der Waals surface area contributed by atoms with E-state index in [1.54, 1.807) is 0 Å². The van der Waals surface area contributed by atoms with Gasteiger partial charge in [0.25, 0.3) is 0 Å². The van der Waals surface area contributed by atoms with Crippen LogP contribution in [0.2, 0.25) is 0 Å². The van der Waals surface area contributed by atoms with Crippen molar-refractivity contribution in [3.05, 3.63) is 0 Å². The van der Waals surface area contributed by atoms with Gasteiger partial charge < -0.3 is 24.6 Å². The number of aliphatic hydroxyl groups excluding tert-OH is 1. The number of carbonyl (C=O) groups is 2. The molecule has 0 saturated carbocycles. The summed E-state index contributed by atoms with van der Waals surface area (Å²) in [6.07, 6.45) is 15.2. The van der Waals surface area contributed by atoms with Crippen molar-refractivity contribution < 1.29 is 33.4 Å². The van der Waals surface area contributed by atoms with Crippen LogP contribution >= 0.6 is 7.60 Å². The normalized spacial score (nSPS) is 13.9. The minimum absolute atomic E-state index is 0.0140. The topological polar surface area (TPSA) is 122 Å². The summed E-state index contributed by atoms with van der Waals surface area (Å²) in [6.45, 7) is 3.45. The van der Waals surface area contributed by atoms with Crippen LogP contribution in [-0.4, -0.2) is 53.9 Å². The summed E-state index contributed by atoms with van der Waals surface area (Å²) in [6, 6.07) is 0. The lowest BCUT2D eigenvalue weighted by atomic mass is 10.0. The third-order valence-corrected chi connectivity index (χ3v) is 6.84. The lowest BCUT2D eigenvalue weighted by Gasteiger charge is -2.15. The Hall–Kier alpha value is -0.950. The lowest BCUT2D eigenvalue weighted by molar-refractivity contribution is -0.146. The van der Waals surface area contributed by atoms with E-state index < -0.39 is 13.7 Å². The van der Waals surface area contributed by atoms with Gasteiger partial charge in [0.2, 0.25) is 5.91 Å². The van der Waals surface area contributed by atoms with E-state index in [1.165, 1.54) is 71.1 Å². The van der Waals surface area contributed by atoms with Gasteiger partial charge >= 0.3 is 13.6 Å². The zero-order valence-corrected chi connectivity index (χ0v) is 21.8. The van der Waals surface area contributed by atoms with Crippen molar-refractivity contribution >= 4 is 19.5 Å². The number of carbonyl (C=O) groups excluding carboxylic acids is 2. The number of esters is 1. The van der Waals surface area contributed by atoms with Gasteiger partial charge in [-0.2, -0.15) is 0 Å². The predicted octanol–water partition coefficient (Wildman–Crippen LogP) is 5.10. The van der Waals surface area contributed by atoms with Crippen molar-refractivity contribution in [2.24, 2.45) is 0 Å². The Morgan fingerprint density at radius 2 is 1.42 bits per heavy atom. The zero-order chi connectivity index (χ0) is 24.8. The molecule has 0 saturated heterocycles. The summed E-state index contributed by atoms with van der Waals surface area (Å²) in [5.41, 5.74) is 0. The number of amides is 1. The number of nitrogens with one attached hydrogen (secondary N) is 1. The Balaban J connectivity index is 3.55. The first-order valence-corrected chi connectivity index (χ1v) is 14.6. The van der Waals surface area contributed by atoms with E-state index in [0.29, 0.717) is 6.42 Å². The molecule has 0 radical (unpaired) electrons. The molecule has 0 fully saturated rings. The minimum atomic E-state index is -3.85. The highest BCUT2D eigenvalue weighted by Crippen LogP contribution is 2.42. The maximum absolute atomic E-state index is 11.9. The fourth-order valence-electron chi connectivity index (χ4n) is 3.42. The van der Waals surface area contributed by atoms with E-state index in [1.807, 2.05) is 0 Å². The molecular formula is C24H48NO7P. The summed E-state index contributed by atoms with van der Waals surface area (Å²) in [5.74, 6) is -0.599. The van der Waals surface area contributed by atoms with Crippen molar-refractivity contribution in [2.75, 3.05) is 25.9 Å². The van der Waals surface area contributed by atoms with E-state index in [9.17, 15) is 24.2 Å². The van der Waals surface area contributed by atoms with Crippen molar-refractivity contribution in [1.29, 1.82) is 0 Å². The molecule has 8 nitrogen and oxygen atoms in total. The molecule has 33 heavy (non-hydrogen) atoms. The number of hydrogen-bond acceptors (Lipinski definition) is 6. The molecule has 0 rings (SSSR count). The van der Waals surface area contributed by atoms with Gasteiger partial charge in [-0.1, -0.05) is 84.0 Å². The molecule has 0 aliphatic heterocycles. The first-order valence-electron chi connectivity index (χ1n) is 12.8. The summed E-state index contributed by atoms with van der Waals surface area (Å²) in [5, 5.41) is 12.3. The smallest absolute Gasteiger partial charge is 0.328 e. The Kier molecular flexibility index (Phi) is 21.0. The largest absolute Gasteiger partial charge is 0.463 e. The monoisotopic (exact) mass is 493 g/mol. The van der Waals surface area contributed by atoms with Crippen LogP contribution in [0.1, 0.15) is 110 Å². The predicted molar refractivity (Wildman–Crippen MR) is 131 cm³/mol. The second-order valence-corrected chi connectivity index (χ2v) is 10.8. The first-order chi connectivity index (χ1) is 15.8. The fourth-order valence-corrected chi connectivity index (χ4v) is 4.55. The van der Waals surface area contributed by atoms with Crippen LogP contribution in [0.15, 0.2) is 0 Å². The molecule has 0 aliphatic carbocycles. The third kappa shape index (κ3) is 24.0. The fraction of sp³-hybridized carbons (Fsp3) is 0.917.